The molecule has 0 aromatic heterocycles. The van der Waals surface area contributed by atoms with Crippen LogP contribution in [0.2, 0.25) is 0 Å². The molecular weight excluding hydrogens is 358 g/mol. The minimum Gasteiger partial charge on any atom is -0.493 e. The van der Waals surface area contributed by atoms with Crippen LogP contribution < -0.4 is 14.8 Å². The van der Waals surface area contributed by atoms with Gasteiger partial charge < -0.3 is 19.5 Å². The predicted molar refractivity (Wildman–Crippen MR) is 108 cm³/mol. The van der Waals surface area contributed by atoms with E-state index in [1.165, 1.54) is 7.11 Å². The number of aryl methyl sites for hydroxylation is 2. The smallest absolute Gasteiger partial charge is 0.338 e. The summed E-state index contributed by atoms with van der Waals surface area (Å²) in [6, 6.07) is 10.5. The third-order valence-electron chi connectivity index (χ3n) is 4.15. The maximum absolute atomic E-state index is 12.3. The molecule has 0 saturated heterocycles. The SMILES string of the molecule is CCCCOc1ccc(C(=O)OCC(=O)Nc2ccc(C)cc2C)cc1OC. The van der Waals surface area contributed by atoms with Gasteiger partial charge in [-0.3, -0.25) is 4.79 Å². The minimum atomic E-state index is -0.603. The van der Waals surface area contributed by atoms with Crippen LogP contribution in [0.15, 0.2) is 36.4 Å². The Labute approximate surface area is 165 Å². The van der Waals surface area contributed by atoms with Gasteiger partial charge in [0.2, 0.25) is 0 Å². The molecule has 1 N–H and O–H groups in total. The number of esters is 1. The van der Waals surface area contributed by atoms with E-state index in [9.17, 15) is 9.59 Å². The summed E-state index contributed by atoms with van der Waals surface area (Å²) in [4.78, 5) is 24.3. The number of anilines is 1. The normalized spacial score (nSPS) is 10.3. The van der Waals surface area contributed by atoms with Gasteiger partial charge in [0.25, 0.3) is 5.91 Å². The summed E-state index contributed by atoms with van der Waals surface area (Å²) in [6.45, 7) is 6.17. The number of methoxy groups -OCH3 is 1. The number of rotatable bonds is 9. The van der Waals surface area contributed by atoms with Crippen molar-refractivity contribution in [1.82, 2.24) is 0 Å². The highest BCUT2D eigenvalue weighted by molar-refractivity contribution is 5.96. The van der Waals surface area contributed by atoms with Crippen LogP contribution in [-0.4, -0.2) is 32.2 Å². The number of nitrogens with one attached hydrogen (secondary N) is 1. The van der Waals surface area contributed by atoms with Gasteiger partial charge in [0, 0.05) is 5.69 Å². The van der Waals surface area contributed by atoms with Gasteiger partial charge in [0.15, 0.2) is 18.1 Å². The Morgan fingerprint density at radius 3 is 2.50 bits per heavy atom. The molecule has 0 aliphatic heterocycles. The number of hydrogen-bond acceptors (Lipinski definition) is 5. The van der Waals surface area contributed by atoms with Crippen molar-refractivity contribution in [3.8, 4) is 11.5 Å². The van der Waals surface area contributed by atoms with Crippen LogP contribution in [0, 0.1) is 13.8 Å². The van der Waals surface area contributed by atoms with Crippen LogP contribution in [-0.2, 0) is 9.53 Å². The second-order valence-corrected chi connectivity index (χ2v) is 6.51. The molecule has 0 aliphatic rings. The molecule has 0 saturated carbocycles. The molecule has 0 heterocycles. The Balaban J connectivity index is 1.93. The van der Waals surface area contributed by atoms with E-state index < -0.39 is 11.9 Å². The van der Waals surface area contributed by atoms with Gasteiger partial charge in [-0.1, -0.05) is 31.0 Å². The molecule has 150 valence electrons. The number of amides is 1. The zero-order chi connectivity index (χ0) is 20.5. The Morgan fingerprint density at radius 1 is 1.04 bits per heavy atom. The lowest BCUT2D eigenvalue weighted by molar-refractivity contribution is -0.119. The molecule has 0 unspecified atom stereocenters. The van der Waals surface area contributed by atoms with Crippen LogP contribution in [0.25, 0.3) is 0 Å². The van der Waals surface area contributed by atoms with E-state index >= 15 is 0 Å². The zero-order valence-electron chi connectivity index (χ0n) is 16.8. The maximum Gasteiger partial charge on any atom is 0.338 e. The fourth-order valence-corrected chi connectivity index (χ4v) is 2.59. The fourth-order valence-electron chi connectivity index (χ4n) is 2.59. The Kier molecular flexibility index (Phi) is 7.87. The Bertz CT molecular complexity index is 832. The van der Waals surface area contributed by atoms with Crippen LogP contribution in [0.1, 0.15) is 41.3 Å². The average molecular weight is 385 g/mol. The van der Waals surface area contributed by atoms with Crippen LogP contribution in [0.3, 0.4) is 0 Å². The van der Waals surface area contributed by atoms with Crippen molar-refractivity contribution >= 4 is 17.6 Å². The highest BCUT2D eigenvalue weighted by Crippen LogP contribution is 2.28. The maximum atomic E-state index is 12.3. The van der Waals surface area contributed by atoms with Crippen molar-refractivity contribution < 1.29 is 23.8 Å². The lowest BCUT2D eigenvalue weighted by Gasteiger charge is -2.12. The molecule has 2 aromatic rings. The van der Waals surface area contributed by atoms with Crippen LogP contribution in [0.4, 0.5) is 5.69 Å². The molecule has 6 nitrogen and oxygen atoms in total. The summed E-state index contributed by atoms with van der Waals surface area (Å²) in [5.41, 5.74) is 3.04. The van der Waals surface area contributed by atoms with Crippen LogP contribution in [0.5, 0.6) is 11.5 Å². The molecule has 28 heavy (non-hydrogen) atoms. The number of ether oxygens (including phenoxy) is 3. The van der Waals surface area contributed by atoms with E-state index in [2.05, 4.69) is 12.2 Å². The van der Waals surface area contributed by atoms with Gasteiger partial charge in [0.05, 0.1) is 19.3 Å². The third-order valence-corrected chi connectivity index (χ3v) is 4.15. The van der Waals surface area contributed by atoms with E-state index in [-0.39, 0.29) is 6.61 Å². The van der Waals surface area contributed by atoms with Crippen LogP contribution >= 0.6 is 0 Å². The molecule has 2 aromatic carbocycles. The van der Waals surface area contributed by atoms with Gasteiger partial charge in [-0.25, -0.2) is 4.79 Å². The largest absolute Gasteiger partial charge is 0.493 e. The molecule has 0 bridgehead atoms. The molecular formula is C22H27NO5. The molecule has 6 heteroatoms. The number of benzene rings is 2. The molecule has 0 radical (unpaired) electrons. The van der Waals surface area contributed by atoms with E-state index in [4.69, 9.17) is 14.2 Å². The predicted octanol–water partition coefficient (Wildman–Crippen LogP) is 4.29. The summed E-state index contributed by atoms with van der Waals surface area (Å²) >= 11 is 0. The van der Waals surface area contributed by atoms with E-state index in [0.29, 0.717) is 29.4 Å². The summed E-state index contributed by atoms with van der Waals surface area (Å²) in [6.07, 6.45) is 1.96. The lowest BCUT2D eigenvalue weighted by atomic mass is 10.1. The van der Waals surface area contributed by atoms with Crippen molar-refractivity contribution in [2.24, 2.45) is 0 Å². The molecule has 0 aliphatic carbocycles. The van der Waals surface area contributed by atoms with Gasteiger partial charge in [-0.15, -0.1) is 0 Å². The van der Waals surface area contributed by atoms with E-state index in [1.54, 1.807) is 18.2 Å². The molecule has 0 spiro atoms. The van der Waals surface area contributed by atoms with Crippen molar-refractivity contribution in [2.45, 2.75) is 33.6 Å². The molecule has 0 atom stereocenters. The van der Waals surface area contributed by atoms with Crippen molar-refractivity contribution in [2.75, 3.05) is 25.6 Å². The minimum absolute atomic E-state index is 0.291. The standard InChI is InChI=1S/C22H27NO5/c1-5-6-11-27-19-10-8-17(13-20(19)26-4)22(25)28-14-21(24)23-18-9-7-15(2)12-16(18)3/h7-10,12-13H,5-6,11,14H2,1-4H3,(H,23,24). The van der Waals surface area contributed by atoms with Gasteiger partial charge in [0.1, 0.15) is 0 Å². The summed E-state index contributed by atoms with van der Waals surface area (Å²) in [5.74, 6) is 0.0198. The van der Waals surface area contributed by atoms with E-state index in [0.717, 1.165) is 24.0 Å². The van der Waals surface area contributed by atoms with Crippen molar-refractivity contribution in [3.63, 3.8) is 0 Å². The monoisotopic (exact) mass is 385 g/mol. The summed E-state index contributed by atoms with van der Waals surface area (Å²) < 4.78 is 16.0. The molecule has 1 amide bonds. The third kappa shape index (κ3) is 6.01. The van der Waals surface area contributed by atoms with Gasteiger partial charge in [-0.2, -0.15) is 0 Å². The van der Waals surface area contributed by atoms with Crippen molar-refractivity contribution in [3.05, 3.63) is 53.1 Å². The van der Waals surface area contributed by atoms with Crippen molar-refractivity contribution in [1.29, 1.82) is 0 Å². The number of carbonyl (C=O) groups excluding carboxylic acids is 2. The first kappa shape index (κ1) is 21.3. The van der Waals surface area contributed by atoms with E-state index in [1.807, 2.05) is 32.0 Å². The highest BCUT2D eigenvalue weighted by Gasteiger charge is 2.14. The fraction of sp³-hybridized carbons (Fsp3) is 0.364. The number of carbonyl (C=O) groups is 2. The summed E-state index contributed by atoms with van der Waals surface area (Å²) in [7, 11) is 1.51. The number of hydrogen-bond donors (Lipinski definition) is 1. The Hall–Kier alpha value is -3.02. The quantitative estimate of drug-likeness (QED) is 0.515. The number of unbranched alkanes of at least 4 members (excludes halogenated alkanes) is 1. The topological polar surface area (TPSA) is 73.9 Å². The first-order chi connectivity index (χ1) is 13.4. The molecule has 2 rings (SSSR count). The van der Waals surface area contributed by atoms with Gasteiger partial charge in [-0.05, 0) is 50.1 Å². The highest BCUT2D eigenvalue weighted by atomic mass is 16.5. The first-order valence-electron chi connectivity index (χ1n) is 9.29. The molecule has 0 fully saturated rings. The summed E-state index contributed by atoms with van der Waals surface area (Å²) in [5, 5.41) is 2.74. The van der Waals surface area contributed by atoms with Gasteiger partial charge >= 0.3 is 5.97 Å². The average Bonchev–Trinajstić information content (AvgIpc) is 2.68. The second-order valence-electron chi connectivity index (χ2n) is 6.51. The lowest BCUT2D eigenvalue weighted by Crippen LogP contribution is -2.21. The first-order valence-corrected chi connectivity index (χ1v) is 9.29. The zero-order valence-corrected chi connectivity index (χ0v) is 16.8. The second kappa shape index (κ2) is 10.3. The Morgan fingerprint density at radius 2 is 1.82 bits per heavy atom.